The lowest BCUT2D eigenvalue weighted by Crippen LogP contribution is -2.58. The van der Waals surface area contributed by atoms with Crippen LogP contribution in [0.3, 0.4) is 0 Å². The van der Waals surface area contributed by atoms with E-state index in [-0.39, 0.29) is 18.8 Å². The van der Waals surface area contributed by atoms with Crippen LogP contribution in [0.25, 0.3) is 0 Å². The largest absolute Gasteiger partial charge is 0.481 e. The number of carbonyl (C=O) groups excluding carboxylic acids is 3. The molecule has 0 aliphatic heterocycles. The van der Waals surface area contributed by atoms with E-state index in [1.807, 2.05) is 6.26 Å². The summed E-state index contributed by atoms with van der Waals surface area (Å²) in [7, 11) is 0. The zero-order valence-corrected chi connectivity index (χ0v) is 21.5. The van der Waals surface area contributed by atoms with Gasteiger partial charge in [-0.15, -0.1) is 0 Å². The molecule has 12 heteroatoms. The SMILES string of the molecule is CSCCC(N)C(=O)NC(C(=O)NC(CCC(=O)O)C(=O)NC(Cc1ccccc1)C(=O)O)C(C)C. The molecule has 0 radical (unpaired) electrons. The quantitative estimate of drug-likeness (QED) is 0.177. The van der Waals surface area contributed by atoms with Crippen LogP contribution in [0.2, 0.25) is 0 Å². The first kappa shape index (κ1) is 30.9. The normalized spacial score (nSPS) is 14.2. The highest BCUT2D eigenvalue weighted by atomic mass is 32.2. The van der Waals surface area contributed by atoms with Crippen molar-refractivity contribution < 1.29 is 34.2 Å². The van der Waals surface area contributed by atoms with Crippen LogP contribution in [0.4, 0.5) is 0 Å². The average Bonchev–Trinajstić information content (AvgIpc) is 2.82. The van der Waals surface area contributed by atoms with Gasteiger partial charge in [0.25, 0.3) is 0 Å². The molecule has 0 bridgehead atoms. The fraction of sp³-hybridized carbons (Fsp3) is 0.542. The summed E-state index contributed by atoms with van der Waals surface area (Å²) in [6, 6.07) is 4.21. The third kappa shape index (κ3) is 11.1. The van der Waals surface area contributed by atoms with Gasteiger partial charge in [-0.05, 0) is 36.3 Å². The molecule has 0 spiro atoms. The second-order valence-corrected chi connectivity index (χ2v) is 9.69. The molecule has 36 heavy (non-hydrogen) atoms. The van der Waals surface area contributed by atoms with Gasteiger partial charge in [0.15, 0.2) is 0 Å². The average molecular weight is 525 g/mol. The van der Waals surface area contributed by atoms with E-state index in [0.717, 1.165) is 0 Å². The fourth-order valence-electron chi connectivity index (χ4n) is 3.29. The van der Waals surface area contributed by atoms with E-state index in [2.05, 4.69) is 16.0 Å². The second kappa shape index (κ2) is 15.8. The third-order valence-corrected chi connectivity index (χ3v) is 6.04. The number of benzene rings is 1. The predicted octanol–water partition coefficient (Wildman–Crippen LogP) is 0.369. The molecule has 0 saturated heterocycles. The first-order chi connectivity index (χ1) is 17.0. The number of hydrogen-bond acceptors (Lipinski definition) is 7. The van der Waals surface area contributed by atoms with Crippen molar-refractivity contribution in [2.45, 2.75) is 63.7 Å². The van der Waals surface area contributed by atoms with Crippen molar-refractivity contribution in [3.8, 4) is 0 Å². The van der Waals surface area contributed by atoms with E-state index < -0.39 is 60.2 Å². The molecule has 0 aliphatic rings. The maximum Gasteiger partial charge on any atom is 0.326 e. The molecule has 1 rings (SSSR count). The van der Waals surface area contributed by atoms with Crippen LogP contribution in [-0.2, 0) is 30.4 Å². The van der Waals surface area contributed by atoms with Gasteiger partial charge >= 0.3 is 11.9 Å². The summed E-state index contributed by atoms with van der Waals surface area (Å²) in [6.07, 6.45) is 1.59. The highest BCUT2D eigenvalue weighted by molar-refractivity contribution is 7.98. The van der Waals surface area contributed by atoms with Gasteiger partial charge in [-0.3, -0.25) is 19.2 Å². The molecule has 1 aromatic carbocycles. The van der Waals surface area contributed by atoms with Crippen LogP contribution in [0.1, 0.15) is 38.7 Å². The Morgan fingerprint density at radius 1 is 0.889 bits per heavy atom. The Kier molecular flexibility index (Phi) is 13.6. The molecule has 7 N–H and O–H groups in total. The van der Waals surface area contributed by atoms with E-state index in [9.17, 15) is 29.1 Å². The summed E-state index contributed by atoms with van der Waals surface area (Å²) >= 11 is 1.53. The highest BCUT2D eigenvalue weighted by Gasteiger charge is 2.32. The molecule has 0 heterocycles. The van der Waals surface area contributed by atoms with E-state index >= 15 is 0 Å². The van der Waals surface area contributed by atoms with Gasteiger partial charge in [0, 0.05) is 12.8 Å². The van der Waals surface area contributed by atoms with Gasteiger partial charge in [0.2, 0.25) is 17.7 Å². The van der Waals surface area contributed by atoms with Crippen LogP contribution in [-0.4, -0.2) is 76.0 Å². The lowest BCUT2D eigenvalue weighted by Gasteiger charge is -2.27. The molecule has 0 aliphatic carbocycles. The minimum atomic E-state index is -1.32. The molecule has 0 saturated carbocycles. The number of thioether (sulfide) groups is 1. The van der Waals surface area contributed by atoms with Crippen molar-refractivity contribution in [1.82, 2.24) is 16.0 Å². The van der Waals surface area contributed by atoms with Crippen molar-refractivity contribution in [3.63, 3.8) is 0 Å². The van der Waals surface area contributed by atoms with E-state index in [4.69, 9.17) is 10.8 Å². The van der Waals surface area contributed by atoms with Crippen molar-refractivity contribution in [2.75, 3.05) is 12.0 Å². The summed E-state index contributed by atoms with van der Waals surface area (Å²) in [5.41, 5.74) is 6.56. The van der Waals surface area contributed by atoms with E-state index in [1.54, 1.807) is 44.2 Å². The maximum atomic E-state index is 13.0. The standard InChI is InChI=1S/C24H36N4O7S/c1-14(2)20(28-21(31)16(25)11-12-36-3)23(33)26-17(9-10-19(29)30)22(32)27-18(24(34)35)13-15-7-5-4-6-8-15/h4-8,14,16-18,20H,9-13,25H2,1-3H3,(H,26,33)(H,27,32)(H,28,31)(H,29,30)(H,34,35). The summed E-state index contributed by atoms with van der Waals surface area (Å²) in [5.74, 6) is -4.21. The molecule has 4 unspecified atom stereocenters. The van der Waals surface area contributed by atoms with Crippen LogP contribution < -0.4 is 21.7 Å². The lowest BCUT2D eigenvalue weighted by molar-refractivity contribution is -0.143. The predicted molar refractivity (Wildman–Crippen MR) is 136 cm³/mol. The summed E-state index contributed by atoms with van der Waals surface area (Å²) < 4.78 is 0. The molecule has 0 fully saturated rings. The topological polar surface area (TPSA) is 188 Å². The first-order valence-corrected chi connectivity index (χ1v) is 13.0. The number of carboxylic acid groups (broad SMARTS) is 2. The maximum absolute atomic E-state index is 13.0. The van der Waals surface area contributed by atoms with Crippen molar-refractivity contribution in [2.24, 2.45) is 11.7 Å². The number of nitrogens with one attached hydrogen (secondary N) is 3. The number of carboxylic acids is 2. The molecular formula is C24H36N4O7S. The molecule has 200 valence electrons. The molecule has 1 aromatic rings. The number of hydrogen-bond donors (Lipinski definition) is 6. The minimum absolute atomic E-state index is 0.000120. The Morgan fingerprint density at radius 3 is 2.03 bits per heavy atom. The molecule has 0 aromatic heterocycles. The van der Waals surface area contributed by atoms with Gasteiger partial charge in [0.05, 0.1) is 6.04 Å². The number of carbonyl (C=O) groups is 5. The Balaban J connectivity index is 2.98. The third-order valence-electron chi connectivity index (χ3n) is 5.39. The minimum Gasteiger partial charge on any atom is -0.481 e. The lowest BCUT2D eigenvalue weighted by atomic mass is 10.0. The van der Waals surface area contributed by atoms with Gasteiger partial charge in [-0.1, -0.05) is 44.2 Å². The zero-order chi connectivity index (χ0) is 27.3. The second-order valence-electron chi connectivity index (χ2n) is 8.70. The summed E-state index contributed by atoms with van der Waals surface area (Å²) in [4.78, 5) is 61.3. The van der Waals surface area contributed by atoms with Gasteiger partial charge in [0.1, 0.15) is 18.1 Å². The van der Waals surface area contributed by atoms with Crippen LogP contribution in [0, 0.1) is 5.92 Å². The molecular weight excluding hydrogens is 488 g/mol. The van der Waals surface area contributed by atoms with Crippen molar-refractivity contribution in [1.29, 1.82) is 0 Å². The first-order valence-electron chi connectivity index (χ1n) is 11.6. The van der Waals surface area contributed by atoms with Crippen molar-refractivity contribution in [3.05, 3.63) is 35.9 Å². The Bertz CT molecular complexity index is 898. The Labute approximate surface area is 215 Å². The van der Waals surface area contributed by atoms with E-state index in [1.165, 1.54) is 11.8 Å². The Morgan fingerprint density at radius 2 is 1.50 bits per heavy atom. The number of amides is 3. The Hall–Kier alpha value is -3.12. The monoisotopic (exact) mass is 524 g/mol. The number of aliphatic carboxylic acids is 2. The summed E-state index contributed by atoms with van der Waals surface area (Å²) in [5, 5.41) is 26.1. The van der Waals surface area contributed by atoms with Gasteiger partial charge < -0.3 is 31.9 Å². The zero-order valence-electron chi connectivity index (χ0n) is 20.7. The van der Waals surface area contributed by atoms with Crippen LogP contribution in [0.5, 0.6) is 0 Å². The van der Waals surface area contributed by atoms with E-state index in [0.29, 0.717) is 17.7 Å². The molecule has 11 nitrogen and oxygen atoms in total. The smallest absolute Gasteiger partial charge is 0.326 e. The number of rotatable bonds is 16. The van der Waals surface area contributed by atoms with Crippen molar-refractivity contribution >= 4 is 41.4 Å². The molecule has 3 amide bonds. The van der Waals surface area contributed by atoms with Crippen LogP contribution >= 0.6 is 11.8 Å². The molecule has 4 atom stereocenters. The van der Waals surface area contributed by atoms with Gasteiger partial charge in [-0.2, -0.15) is 11.8 Å². The fourth-order valence-corrected chi connectivity index (χ4v) is 3.78. The highest BCUT2D eigenvalue weighted by Crippen LogP contribution is 2.08. The summed E-state index contributed by atoms with van der Waals surface area (Å²) in [6.45, 7) is 3.40. The number of nitrogens with two attached hydrogens (primary N) is 1. The van der Waals surface area contributed by atoms with Gasteiger partial charge in [-0.25, -0.2) is 4.79 Å². The van der Waals surface area contributed by atoms with Crippen LogP contribution in [0.15, 0.2) is 30.3 Å².